The quantitative estimate of drug-likeness (QED) is 0.782. The minimum absolute atomic E-state index is 0.157. The highest BCUT2D eigenvalue weighted by Crippen LogP contribution is 2.13. The van der Waals surface area contributed by atoms with Gasteiger partial charge in [0.05, 0.1) is 17.4 Å². The van der Waals surface area contributed by atoms with E-state index >= 15 is 0 Å². The number of hydrogen-bond donors (Lipinski definition) is 3. The first-order valence-corrected chi connectivity index (χ1v) is 6.78. The number of nitrogens with zero attached hydrogens (tertiary/aromatic N) is 1. The Bertz CT molecular complexity index is 619. The van der Waals surface area contributed by atoms with Gasteiger partial charge in [-0.05, 0) is 32.9 Å². The van der Waals surface area contributed by atoms with E-state index < -0.39 is 0 Å². The maximum absolute atomic E-state index is 12.0. The number of benzene rings is 1. The SMILES string of the molecule is Cc1ccc(OCC(C)NC(=O)c2n[nH]c(C)c2N)cc1. The number of anilines is 1. The molecule has 4 N–H and O–H groups in total. The molecule has 1 unspecified atom stereocenters. The van der Waals surface area contributed by atoms with Crippen LogP contribution in [0.5, 0.6) is 5.75 Å². The molecule has 0 aliphatic rings. The lowest BCUT2D eigenvalue weighted by Crippen LogP contribution is -2.37. The molecule has 21 heavy (non-hydrogen) atoms. The number of rotatable bonds is 5. The maximum Gasteiger partial charge on any atom is 0.274 e. The van der Waals surface area contributed by atoms with E-state index in [2.05, 4.69) is 15.5 Å². The number of hydrogen-bond acceptors (Lipinski definition) is 4. The predicted octanol–water partition coefficient (Wildman–Crippen LogP) is 1.81. The fraction of sp³-hybridized carbons (Fsp3) is 0.333. The van der Waals surface area contributed by atoms with Gasteiger partial charge in [-0.1, -0.05) is 17.7 Å². The van der Waals surface area contributed by atoms with Gasteiger partial charge in [0, 0.05) is 0 Å². The molecule has 0 aliphatic carbocycles. The summed E-state index contributed by atoms with van der Waals surface area (Å²) in [5.74, 6) is 0.466. The Morgan fingerprint density at radius 3 is 2.62 bits per heavy atom. The van der Waals surface area contributed by atoms with Crippen LogP contribution in [0.1, 0.15) is 28.7 Å². The molecule has 1 aromatic carbocycles. The molecule has 1 heterocycles. The zero-order chi connectivity index (χ0) is 15.4. The molecule has 1 aromatic heterocycles. The lowest BCUT2D eigenvalue weighted by molar-refractivity contribution is 0.0922. The predicted molar refractivity (Wildman–Crippen MR) is 81.3 cm³/mol. The van der Waals surface area contributed by atoms with Crippen LogP contribution in [-0.2, 0) is 0 Å². The molecule has 6 heteroatoms. The number of aryl methyl sites for hydroxylation is 2. The van der Waals surface area contributed by atoms with Crippen molar-refractivity contribution in [1.82, 2.24) is 15.5 Å². The van der Waals surface area contributed by atoms with E-state index in [1.54, 1.807) is 6.92 Å². The summed E-state index contributed by atoms with van der Waals surface area (Å²) in [6.07, 6.45) is 0. The number of nitrogens with one attached hydrogen (secondary N) is 2. The number of H-pyrrole nitrogens is 1. The van der Waals surface area contributed by atoms with Gasteiger partial charge in [0.25, 0.3) is 5.91 Å². The molecule has 2 rings (SSSR count). The smallest absolute Gasteiger partial charge is 0.274 e. The van der Waals surface area contributed by atoms with E-state index in [-0.39, 0.29) is 17.6 Å². The van der Waals surface area contributed by atoms with Crippen LogP contribution in [-0.4, -0.2) is 28.8 Å². The van der Waals surface area contributed by atoms with Gasteiger partial charge in [-0.3, -0.25) is 9.89 Å². The van der Waals surface area contributed by atoms with Crippen LogP contribution < -0.4 is 15.8 Å². The van der Waals surface area contributed by atoms with Gasteiger partial charge < -0.3 is 15.8 Å². The normalized spacial score (nSPS) is 12.0. The number of aromatic amines is 1. The second-order valence-electron chi connectivity index (χ2n) is 5.11. The van der Waals surface area contributed by atoms with Crippen LogP contribution in [0.4, 0.5) is 5.69 Å². The average Bonchev–Trinajstić information content (AvgIpc) is 2.78. The van der Waals surface area contributed by atoms with Crippen molar-refractivity contribution in [2.24, 2.45) is 0 Å². The van der Waals surface area contributed by atoms with Crippen molar-refractivity contribution in [3.8, 4) is 5.75 Å². The monoisotopic (exact) mass is 288 g/mol. The number of amides is 1. The molecule has 0 saturated carbocycles. The van der Waals surface area contributed by atoms with Crippen LogP contribution in [0.15, 0.2) is 24.3 Å². The zero-order valence-corrected chi connectivity index (χ0v) is 12.4. The average molecular weight is 288 g/mol. The Labute approximate surface area is 123 Å². The summed E-state index contributed by atoms with van der Waals surface area (Å²) in [5.41, 5.74) is 8.22. The van der Waals surface area contributed by atoms with E-state index in [1.165, 1.54) is 5.56 Å². The fourth-order valence-electron chi connectivity index (χ4n) is 1.80. The van der Waals surface area contributed by atoms with Crippen molar-refractivity contribution in [2.45, 2.75) is 26.8 Å². The minimum Gasteiger partial charge on any atom is -0.491 e. The van der Waals surface area contributed by atoms with E-state index in [9.17, 15) is 4.79 Å². The van der Waals surface area contributed by atoms with Gasteiger partial charge >= 0.3 is 0 Å². The Morgan fingerprint density at radius 2 is 2.05 bits per heavy atom. The van der Waals surface area contributed by atoms with E-state index in [4.69, 9.17) is 10.5 Å². The second-order valence-corrected chi connectivity index (χ2v) is 5.11. The van der Waals surface area contributed by atoms with Gasteiger partial charge in [-0.25, -0.2) is 0 Å². The van der Waals surface area contributed by atoms with Crippen molar-refractivity contribution < 1.29 is 9.53 Å². The zero-order valence-electron chi connectivity index (χ0n) is 12.4. The van der Waals surface area contributed by atoms with Crippen LogP contribution in [0.3, 0.4) is 0 Å². The molecule has 0 fully saturated rings. The Hall–Kier alpha value is -2.50. The summed E-state index contributed by atoms with van der Waals surface area (Å²) in [6.45, 7) is 6.02. The molecular formula is C15H20N4O2. The van der Waals surface area contributed by atoms with Crippen molar-refractivity contribution in [3.05, 3.63) is 41.2 Å². The number of ether oxygens (including phenoxy) is 1. The molecule has 0 radical (unpaired) electrons. The molecule has 112 valence electrons. The third-order valence-corrected chi connectivity index (χ3v) is 3.11. The standard InChI is InChI=1S/C15H20N4O2/c1-9-4-6-12(7-5-9)21-8-10(2)17-15(20)14-13(16)11(3)18-19-14/h4-7,10H,8,16H2,1-3H3,(H,17,20)(H,18,19). The lowest BCUT2D eigenvalue weighted by atomic mass is 10.2. The molecule has 1 atom stereocenters. The Morgan fingerprint density at radius 1 is 1.38 bits per heavy atom. The summed E-state index contributed by atoms with van der Waals surface area (Å²) >= 11 is 0. The molecular weight excluding hydrogens is 268 g/mol. The molecule has 0 saturated heterocycles. The van der Waals surface area contributed by atoms with E-state index in [0.717, 1.165) is 5.75 Å². The largest absolute Gasteiger partial charge is 0.491 e. The molecule has 1 amide bonds. The number of carbonyl (C=O) groups is 1. The van der Waals surface area contributed by atoms with Gasteiger partial charge in [0.1, 0.15) is 12.4 Å². The van der Waals surface area contributed by atoms with Crippen LogP contribution in [0, 0.1) is 13.8 Å². The van der Waals surface area contributed by atoms with Gasteiger partial charge in [-0.15, -0.1) is 0 Å². The summed E-state index contributed by atoms with van der Waals surface area (Å²) < 4.78 is 5.62. The highest BCUT2D eigenvalue weighted by molar-refractivity contribution is 5.97. The third-order valence-electron chi connectivity index (χ3n) is 3.11. The Balaban J connectivity index is 1.87. The number of nitrogens with two attached hydrogens (primary N) is 1. The molecule has 2 aromatic rings. The fourth-order valence-corrected chi connectivity index (χ4v) is 1.80. The van der Waals surface area contributed by atoms with E-state index in [0.29, 0.717) is 18.0 Å². The highest BCUT2D eigenvalue weighted by atomic mass is 16.5. The first-order chi connectivity index (χ1) is 9.97. The number of nitrogen functional groups attached to an aromatic ring is 1. The van der Waals surface area contributed by atoms with Gasteiger partial charge in [0.2, 0.25) is 0 Å². The van der Waals surface area contributed by atoms with Crippen molar-refractivity contribution in [3.63, 3.8) is 0 Å². The third kappa shape index (κ3) is 3.75. The first kappa shape index (κ1) is 14.9. The summed E-state index contributed by atoms with van der Waals surface area (Å²) in [4.78, 5) is 12.0. The topological polar surface area (TPSA) is 93.0 Å². The van der Waals surface area contributed by atoms with Gasteiger partial charge in [0.15, 0.2) is 5.69 Å². The summed E-state index contributed by atoms with van der Waals surface area (Å²) in [7, 11) is 0. The second kappa shape index (κ2) is 6.30. The minimum atomic E-state index is -0.308. The molecule has 0 bridgehead atoms. The van der Waals surface area contributed by atoms with Crippen LogP contribution in [0.25, 0.3) is 0 Å². The van der Waals surface area contributed by atoms with Crippen molar-refractivity contribution >= 4 is 11.6 Å². The van der Waals surface area contributed by atoms with Gasteiger partial charge in [-0.2, -0.15) is 5.10 Å². The van der Waals surface area contributed by atoms with Crippen molar-refractivity contribution in [2.75, 3.05) is 12.3 Å². The lowest BCUT2D eigenvalue weighted by Gasteiger charge is -2.14. The maximum atomic E-state index is 12.0. The highest BCUT2D eigenvalue weighted by Gasteiger charge is 2.17. The summed E-state index contributed by atoms with van der Waals surface area (Å²) in [6, 6.07) is 7.60. The van der Waals surface area contributed by atoms with Crippen LogP contribution in [0.2, 0.25) is 0 Å². The number of aromatic nitrogens is 2. The van der Waals surface area contributed by atoms with Crippen LogP contribution >= 0.6 is 0 Å². The molecule has 0 spiro atoms. The Kier molecular flexibility index (Phi) is 4.47. The first-order valence-electron chi connectivity index (χ1n) is 6.78. The summed E-state index contributed by atoms with van der Waals surface area (Å²) in [5, 5.41) is 9.39. The molecule has 6 nitrogen and oxygen atoms in total. The number of carbonyl (C=O) groups excluding carboxylic acids is 1. The van der Waals surface area contributed by atoms with Crippen molar-refractivity contribution in [1.29, 1.82) is 0 Å². The van der Waals surface area contributed by atoms with E-state index in [1.807, 2.05) is 38.1 Å². The molecule has 0 aliphatic heterocycles.